The van der Waals surface area contributed by atoms with Gasteiger partial charge < -0.3 is 0 Å². The third-order valence-electron chi connectivity index (χ3n) is 0.795. The van der Waals surface area contributed by atoms with E-state index in [0.29, 0.717) is 0 Å². The van der Waals surface area contributed by atoms with Crippen LogP contribution < -0.4 is 10.6 Å². The van der Waals surface area contributed by atoms with Crippen LogP contribution >= 0.6 is 12.2 Å². The van der Waals surface area contributed by atoms with Gasteiger partial charge in [-0.3, -0.25) is 10.6 Å². The van der Waals surface area contributed by atoms with Gasteiger partial charge in [0.1, 0.15) is 4.99 Å². The molecule has 0 aromatic rings. The Morgan fingerprint density at radius 1 is 1.44 bits per heavy atom. The van der Waals surface area contributed by atoms with E-state index in [1.165, 1.54) is 5.94 Å². The van der Waals surface area contributed by atoms with Gasteiger partial charge in [0.25, 0.3) is 0 Å². The van der Waals surface area contributed by atoms with Crippen molar-refractivity contribution in [2.45, 2.75) is 0 Å². The van der Waals surface area contributed by atoms with Crippen LogP contribution in [-0.4, -0.2) is 17.0 Å². The highest BCUT2D eigenvalue weighted by Gasteiger charge is 2.19. The second-order valence-corrected chi connectivity index (χ2v) is 1.79. The lowest BCUT2D eigenvalue weighted by Crippen LogP contribution is -2.21. The van der Waals surface area contributed by atoms with Crippen LogP contribution in [0.3, 0.4) is 0 Å². The molecular weight excluding hydrogens is 140 g/mol. The Kier molecular flexibility index (Phi) is 1.30. The standard InChI is InChI=1S/C4H2N2O2S/c7-1-2-3(9)6-4(8)5-2/h(H2,5,6,8,9). The third-order valence-corrected chi connectivity index (χ3v) is 1.10. The van der Waals surface area contributed by atoms with Crippen LogP contribution in [0.15, 0.2) is 5.70 Å². The Morgan fingerprint density at radius 2 is 2.11 bits per heavy atom. The quantitative estimate of drug-likeness (QED) is 0.268. The lowest BCUT2D eigenvalue weighted by molar-refractivity contribution is 0.250. The second-order valence-electron chi connectivity index (χ2n) is 1.39. The number of carbonyl (C=O) groups excluding carboxylic acids is 2. The number of amides is 2. The third kappa shape index (κ3) is 0.960. The summed E-state index contributed by atoms with van der Waals surface area (Å²) in [6, 6.07) is -0.474. The van der Waals surface area contributed by atoms with Crippen LogP contribution in [0.5, 0.6) is 0 Å². The first-order chi connectivity index (χ1) is 4.24. The van der Waals surface area contributed by atoms with E-state index >= 15 is 0 Å². The molecule has 5 heteroatoms. The van der Waals surface area contributed by atoms with Crippen molar-refractivity contribution in [3.8, 4) is 0 Å². The van der Waals surface area contributed by atoms with E-state index in [-0.39, 0.29) is 10.7 Å². The molecule has 46 valence electrons. The predicted octanol–water partition coefficient (Wildman–Crippen LogP) is -0.658. The van der Waals surface area contributed by atoms with E-state index in [2.05, 4.69) is 22.9 Å². The summed E-state index contributed by atoms with van der Waals surface area (Å²) in [5.74, 6) is 1.48. The monoisotopic (exact) mass is 142 g/mol. The Hall–Kier alpha value is -1.19. The van der Waals surface area contributed by atoms with Crippen molar-refractivity contribution < 1.29 is 9.59 Å². The Balaban J connectivity index is 2.94. The molecule has 1 heterocycles. The summed E-state index contributed by atoms with van der Waals surface area (Å²) in [7, 11) is 0. The van der Waals surface area contributed by atoms with Gasteiger partial charge in [0.05, 0.1) is 0 Å². The molecule has 2 N–H and O–H groups in total. The lowest BCUT2D eigenvalue weighted by atomic mass is 10.5. The largest absolute Gasteiger partial charge is 0.325 e. The van der Waals surface area contributed by atoms with Gasteiger partial charge in [-0.2, -0.15) is 0 Å². The Labute approximate surface area is 55.9 Å². The zero-order valence-electron chi connectivity index (χ0n) is 4.22. The first kappa shape index (κ1) is 5.94. The first-order valence-corrected chi connectivity index (χ1v) is 2.52. The molecule has 0 unspecified atom stereocenters. The maximum Gasteiger partial charge on any atom is 0.325 e. The van der Waals surface area contributed by atoms with Crippen LogP contribution in [0, 0.1) is 0 Å². The van der Waals surface area contributed by atoms with E-state index in [0.717, 1.165) is 0 Å². The van der Waals surface area contributed by atoms with Gasteiger partial charge >= 0.3 is 6.03 Å². The topological polar surface area (TPSA) is 58.2 Å². The fourth-order valence-corrected chi connectivity index (χ4v) is 0.624. The molecule has 0 atom stereocenters. The molecule has 0 spiro atoms. The molecule has 9 heavy (non-hydrogen) atoms. The summed E-state index contributed by atoms with van der Waals surface area (Å²) in [5, 5.41) is 4.35. The van der Waals surface area contributed by atoms with Crippen LogP contribution in [-0.2, 0) is 4.79 Å². The van der Waals surface area contributed by atoms with E-state index in [1.54, 1.807) is 0 Å². The van der Waals surface area contributed by atoms with E-state index < -0.39 is 6.03 Å². The van der Waals surface area contributed by atoms with Crippen LogP contribution in [0.4, 0.5) is 4.79 Å². The summed E-state index contributed by atoms with van der Waals surface area (Å²) in [6.45, 7) is 0. The number of hydrogen-bond acceptors (Lipinski definition) is 3. The minimum Gasteiger partial charge on any atom is -0.296 e. The molecule has 1 saturated heterocycles. The van der Waals surface area contributed by atoms with Crippen molar-refractivity contribution in [3.05, 3.63) is 5.70 Å². The average molecular weight is 142 g/mol. The molecular formula is C4H2N2O2S. The summed E-state index contributed by atoms with van der Waals surface area (Å²) in [5.41, 5.74) is 0.00926. The highest BCUT2D eigenvalue weighted by molar-refractivity contribution is 7.80. The van der Waals surface area contributed by atoms with Crippen molar-refractivity contribution in [2.75, 3.05) is 0 Å². The van der Waals surface area contributed by atoms with Gasteiger partial charge in [0.15, 0.2) is 11.6 Å². The highest BCUT2D eigenvalue weighted by Crippen LogP contribution is 1.92. The van der Waals surface area contributed by atoms with Gasteiger partial charge in [0, 0.05) is 0 Å². The maximum absolute atomic E-state index is 10.3. The number of urea groups is 1. The molecule has 0 aromatic heterocycles. The molecule has 0 aromatic carbocycles. The van der Waals surface area contributed by atoms with Gasteiger partial charge in [0.2, 0.25) is 0 Å². The maximum atomic E-state index is 10.3. The molecule has 0 radical (unpaired) electrons. The van der Waals surface area contributed by atoms with E-state index in [1.807, 2.05) is 0 Å². The van der Waals surface area contributed by atoms with Gasteiger partial charge in [-0.05, 0) is 0 Å². The predicted molar refractivity (Wildman–Crippen MR) is 33.5 cm³/mol. The van der Waals surface area contributed by atoms with E-state index in [9.17, 15) is 9.59 Å². The number of rotatable bonds is 0. The molecule has 0 aliphatic carbocycles. The minimum absolute atomic E-state index is 0.00926. The fourth-order valence-electron chi connectivity index (χ4n) is 0.439. The number of hydrogen-bond donors (Lipinski definition) is 2. The molecule has 1 aliphatic rings. The number of nitrogens with one attached hydrogen (secondary N) is 2. The SMILES string of the molecule is O=C=C1NC(=O)NC1=S. The molecule has 2 amide bonds. The van der Waals surface area contributed by atoms with Gasteiger partial charge in [-0.25, -0.2) is 9.59 Å². The minimum atomic E-state index is -0.474. The molecule has 0 bridgehead atoms. The van der Waals surface area contributed by atoms with Crippen molar-refractivity contribution in [3.63, 3.8) is 0 Å². The van der Waals surface area contributed by atoms with Gasteiger partial charge in [-0.1, -0.05) is 12.2 Å². The fraction of sp³-hybridized carbons (Fsp3) is 0. The molecule has 0 saturated carbocycles. The van der Waals surface area contributed by atoms with E-state index in [4.69, 9.17) is 0 Å². The summed E-state index contributed by atoms with van der Waals surface area (Å²) in [4.78, 5) is 20.3. The lowest BCUT2D eigenvalue weighted by Gasteiger charge is -1.80. The van der Waals surface area contributed by atoms with Crippen molar-refractivity contribution in [2.24, 2.45) is 0 Å². The first-order valence-electron chi connectivity index (χ1n) is 2.11. The summed E-state index contributed by atoms with van der Waals surface area (Å²) in [6.07, 6.45) is 0. The number of thiocarbonyl (C=S) groups is 1. The zero-order chi connectivity index (χ0) is 6.85. The smallest absolute Gasteiger partial charge is 0.296 e. The second kappa shape index (κ2) is 1.97. The van der Waals surface area contributed by atoms with Crippen molar-refractivity contribution in [1.29, 1.82) is 0 Å². The average Bonchev–Trinajstić information content (AvgIpc) is 2.10. The van der Waals surface area contributed by atoms with Crippen LogP contribution in [0.1, 0.15) is 0 Å². The summed E-state index contributed by atoms with van der Waals surface area (Å²) >= 11 is 4.52. The zero-order valence-corrected chi connectivity index (χ0v) is 5.04. The van der Waals surface area contributed by atoms with Crippen molar-refractivity contribution >= 4 is 29.2 Å². The van der Waals surface area contributed by atoms with Crippen LogP contribution in [0.2, 0.25) is 0 Å². The number of carbonyl (C=O) groups is 1. The Morgan fingerprint density at radius 3 is 2.33 bits per heavy atom. The van der Waals surface area contributed by atoms with Gasteiger partial charge in [-0.15, -0.1) is 0 Å². The van der Waals surface area contributed by atoms with Crippen molar-refractivity contribution in [1.82, 2.24) is 10.6 Å². The summed E-state index contributed by atoms with van der Waals surface area (Å²) < 4.78 is 0. The normalized spacial score (nSPS) is 16.7. The highest BCUT2D eigenvalue weighted by atomic mass is 32.1. The van der Waals surface area contributed by atoms with Crippen LogP contribution in [0.25, 0.3) is 0 Å². The molecule has 4 nitrogen and oxygen atoms in total. The Bertz CT molecular complexity index is 229. The molecule has 1 fully saturated rings. The molecule has 1 rings (SSSR count). The molecule has 1 aliphatic heterocycles.